The smallest absolute Gasteiger partial charge is 0.319 e. The molecule has 0 saturated carbocycles. The topological polar surface area (TPSA) is 206 Å². The molecule has 0 spiro atoms. The lowest BCUT2D eigenvalue weighted by atomic mass is 10.0. The number of ether oxygens (including phenoxy) is 2. The van der Waals surface area contributed by atoms with Gasteiger partial charge in [0.2, 0.25) is 11.8 Å². The van der Waals surface area contributed by atoms with Crippen molar-refractivity contribution in [3.05, 3.63) is 135 Å². The minimum absolute atomic E-state index is 0.0926. The van der Waals surface area contributed by atoms with Gasteiger partial charge < -0.3 is 44.6 Å². The fraction of sp³-hybridized carbons (Fsp3) is 0.345. The molecule has 3 saturated heterocycles. The van der Waals surface area contributed by atoms with Crippen molar-refractivity contribution in [3.63, 3.8) is 0 Å². The molecule has 6 aromatic rings. The predicted octanol–water partition coefficient (Wildman–Crippen LogP) is 7.77. The van der Waals surface area contributed by atoms with E-state index in [4.69, 9.17) is 42.6 Å². The number of hydrogen-bond acceptors (Lipinski definition) is 13. The lowest BCUT2D eigenvalue weighted by Crippen LogP contribution is -2.56. The maximum atomic E-state index is 14.2. The zero-order chi connectivity index (χ0) is 54.2. The van der Waals surface area contributed by atoms with Crippen LogP contribution in [-0.2, 0) is 40.4 Å². The van der Waals surface area contributed by atoms with Gasteiger partial charge in [0.15, 0.2) is 0 Å². The van der Waals surface area contributed by atoms with Crippen LogP contribution in [0.25, 0.3) is 21.5 Å². The fourth-order valence-electron chi connectivity index (χ4n) is 11.4. The maximum Gasteiger partial charge on any atom is 0.319 e. The lowest BCUT2D eigenvalue weighted by Gasteiger charge is -2.42. The van der Waals surface area contributed by atoms with Crippen LogP contribution in [0.1, 0.15) is 64.8 Å². The van der Waals surface area contributed by atoms with Gasteiger partial charge in [-0.2, -0.15) is 15.2 Å². The number of rotatable bonds is 14. The van der Waals surface area contributed by atoms with Crippen LogP contribution < -0.4 is 35.2 Å². The molecule has 18 nitrogen and oxygen atoms in total. The third-order valence-corrected chi connectivity index (χ3v) is 16.3. The Hall–Kier alpha value is -7.98. The summed E-state index contributed by atoms with van der Waals surface area (Å²) < 4.78 is 12.5. The molecule has 0 aliphatic carbocycles. The summed E-state index contributed by atoms with van der Waals surface area (Å²) in [6.07, 6.45) is 3.37. The van der Waals surface area contributed by atoms with Crippen LogP contribution in [-0.4, -0.2) is 125 Å². The van der Waals surface area contributed by atoms with Crippen molar-refractivity contribution < 1.29 is 33.4 Å². The zero-order valence-electron chi connectivity index (χ0n) is 43.0. The molecular formula is C58H57Cl2N11O7. The van der Waals surface area contributed by atoms with Crippen molar-refractivity contribution in [1.82, 2.24) is 35.3 Å². The minimum atomic E-state index is -0.715. The molecule has 1 unspecified atom stereocenters. The number of halogens is 2. The first-order valence-corrected chi connectivity index (χ1v) is 27.0. The molecule has 400 valence electrons. The molecule has 5 aliphatic rings. The number of aromatic nitrogens is 2. The second kappa shape index (κ2) is 22.2. The lowest BCUT2D eigenvalue weighted by molar-refractivity contribution is -0.137. The van der Waals surface area contributed by atoms with E-state index < -0.39 is 24.0 Å². The number of likely N-dealkylation sites (tertiary alicyclic amines) is 1. The fourth-order valence-corrected chi connectivity index (χ4v) is 12.0. The summed E-state index contributed by atoms with van der Waals surface area (Å²) in [5.41, 5.74) is 5.53. The van der Waals surface area contributed by atoms with Gasteiger partial charge in [0.1, 0.15) is 30.8 Å². The van der Waals surface area contributed by atoms with E-state index in [9.17, 15) is 29.2 Å². The number of fused-ring (bicyclic) bond motifs is 4. The Bertz CT molecular complexity index is 3470. The number of nitriles is 1. The average molecular weight is 1090 g/mol. The molecule has 6 heterocycles. The highest BCUT2D eigenvalue weighted by Crippen LogP contribution is 2.39. The van der Waals surface area contributed by atoms with Crippen LogP contribution >= 0.6 is 23.2 Å². The van der Waals surface area contributed by atoms with Crippen molar-refractivity contribution >= 4 is 91.6 Å². The van der Waals surface area contributed by atoms with E-state index in [1.165, 1.54) is 4.90 Å². The summed E-state index contributed by atoms with van der Waals surface area (Å²) in [6.45, 7) is 8.32. The molecule has 3 N–H and O–H groups in total. The molecule has 5 aliphatic heterocycles. The Kier molecular flexibility index (Phi) is 14.8. The number of nitrogens with one attached hydrogen (secondary N) is 3. The number of urea groups is 1. The van der Waals surface area contributed by atoms with Gasteiger partial charge in [0.05, 0.1) is 46.5 Å². The highest BCUT2D eigenvalue weighted by atomic mass is 35.5. The van der Waals surface area contributed by atoms with Gasteiger partial charge in [0, 0.05) is 84.9 Å². The van der Waals surface area contributed by atoms with Gasteiger partial charge in [-0.3, -0.25) is 24.5 Å². The first-order chi connectivity index (χ1) is 37.8. The molecule has 78 heavy (non-hydrogen) atoms. The molecule has 3 atom stereocenters. The van der Waals surface area contributed by atoms with Crippen molar-refractivity contribution in [1.29, 1.82) is 5.26 Å². The molecular weight excluding hydrogens is 1030 g/mol. The number of amides is 6. The number of carbonyl (C=O) groups is 5. The summed E-state index contributed by atoms with van der Waals surface area (Å²) in [7, 11) is 2.11. The quantitative estimate of drug-likeness (QED) is 0.0705. The van der Waals surface area contributed by atoms with Gasteiger partial charge in [0.25, 0.3) is 11.8 Å². The molecule has 3 fully saturated rings. The number of hydrogen-bond donors (Lipinski definition) is 3. The van der Waals surface area contributed by atoms with Crippen molar-refractivity contribution in [3.8, 4) is 17.8 Å². The highest BCUT2D eigenvalue weighted by Gasteiger charge is 2.40. The molecule has 1 aromatic heterocycles. The maximum absolute atomic E-state index is 14.2. The van der Waals surface area contributed by atoms with Crippen LogP contribution in [0.3, 0.4) is 0 Å². The molecule has 20 heteroatoms. The van der Waals surface area contributed by atoms with Crippen LogP contribution in [0.4, 0.5) is 22.0 Å². The zero-order valence-corrected chi connectivity index (χ0v) is 44.5. The van der Waals surface area contributed by atoms with Gasteiger partial charge in [-0.25, -0.2) is 4.79 Å². The molecule has 5 aromatic carbocycles. The Morgan fingerprint density at radius 2 is 1.73 bits per heavy atom. The number of benzene rings is 5. The number of piperazine rings is 1. The van der Waals surface area contributed by atoms with Crippen molar-refractivity contribution in [2.75, 3.05) is 68.1 Å². The second-order valence-corrected chi connectivity index (χ2v) is 21.3. The summed E-state index contributed by atoms with van der Waals surface area (Å²) >= 11 is 13.6. The standard InChI is InChI=1S/C58H57Cl2N11O7/c1-34(32-77-41-13-15-42-37(27-41)12-16-46(52(42)60)63-57(76)62-28-35-11-14-43-38(26-35)29-71(56(43)75)49-17-18-50(72)65-54(49)73)55(74)70-25-24-69(30-39(70)19-21-61)53-44-20-23-68(48-10-4-7-36-6-3-9-45(59)51(36)48)31-47(44)64-58(66-53)78-33-40-8-5-22-67(40)2/h3-4,6-7,9-16,26-27,39-40,49H,1,5,8,17-20,22-25,28-33H2,2H3,(H2,62,63,76)(H,65,72,73)/t39-,40-,49?/m0/s1. The van der Waals surface area contributed by atoms with Crippen LogP contribution in [0.2, 0.25) is 10.0 Å². The Balaban J connectivity index is 0.714. The van der Waals surface area contributed by atoms with Gasteiger partial charge >= 0.3 is 12.0 Å². The molecule has 11 rings (SSSR count). The summed E-state index contributed by atoms with van der Waals surface area (Å²) in [5.74, 6) is -0.144. The van der Waals surface area contributed by atoms with E-state index in [1.54, 1.807) is 47.4 Å². The number of likely N-dealkylation sites (N-methyl/N-ethyl adjacent to an activating group) is 1. The molecule has 6 amide bonds. The van der Waals surface area contributed by atoms with Gasteiger partial charge in [-0.1, -0.05) is 72.2 Å². The first kappa shape index (κ1) is 52.1. The average Bonchev–Trinajstić information content (AvgIpc) is 4.13. The third-order valence-electron chi connectivity index (χ3n) is 15.6. The van der Waals surface area contributed by atoms with Crippen molar-refractivity contribution in [2.24, 2.45) is 0 Å². The summed E-state index contributed by atoms with van der Waals surface area (Å²) in [5, 5.41) is 22.5. The van der Waals surface area contributed by atoms with E-state index in [1.807, 2.05) is 18.2 Å². The normalized spacial score (nSPS) is 19.4. The van der Waals surface area contributed by atoms with Crippen LogP contribution in [0.5, 0.6) is 11.8 Å². The van der Waals surface area contributed by atoms with Crippen LogP contribution in [0, 0.1) is 11.3 Å². The van der Waals surface area contributed by atoms with E-state index in [0.717, 1.165) is 69.4 Å². The third kappa shape index (κ3) is 10.6. The second-order valence-electron chi connectivity index (χ2n) is 20.5. The number of nitrogens with zero attached hydrogens (tertiary/aromatic N) is 8. The summed E-state index contributed by atoms with van der Waals surface area (Å²) in [6, 6.07) is 27.4. The largest absolute Gasteiger partial charge is 0.489 e. The van der Waals surface area contributed by atoms with E-state index in [-0.39, 0.29) is 68.3 Å². The Labute approximate surface area is 460 Å². The van der Waals surface area contributed by atoms with E-state index >= 15 is 0 Å². The Morgan fingerprint density at radius 3 is 2.54 bits per heavy atom. The number of carbonyl (C=O) groups excluding carboxylic acids is 5. The minimum Gasteiger partial charge on any atom is -0.489 e. The number of imide groups is 1. The van der Waals surface area contributed by atoms with Gasteiger partial charge in [-0.15, -0.1) is 0 Å². The first-order valence-electron chi connectivity index (χ1n) is 26.2. The molecule has 0 bridgehead atoms. The summed E-state index contributed by atoms with van der Waals surface area (Å²) in [4.78, 5) is 84.6. The van der Waals surface area contributed by atoms with Crippen molar-refractivity contribution in [2.45, 2.75) is 76.3 Å². The SMILES string of the molecule is C=C(COc1ccc2c(Cl)c(NC(=O)NCc3ccc4c(c3)CN(C3CCC(=O)NC3=O)C4=O)ccc2c1)C(=O)N1CCN(c2nc(OC[C@@H]3CCCN3C)nc3c2CCN(c2cccc4cccc(Cl)c24)C3)C[C@@H]1CC#N. The molecule has 0 radical (unpaired) electrons. The predicted molar refractivity (Wildman–Crippen MR) is 297 cm³/mol. The number of anilines is 3. The Morgan fingerprint density at radius 1 is 0.885 bits per heavy atom. The highest BCUT2D eigenvalue weighted by molar-refractivity contribution is 6.38. The van der Waals surface area contributed by atoms with Gasteiger partial charge in [-0.05, 0) is 104 Å². The monoisotopic (exact) mass is 1090 g/mol. The van der Waals surface area contributed by atoms with E-state index in [0.29, 0.717) is 84.2 Å². The van der Waals surface area contributed by atoms with Crippen LogP contribution in [0.15, 0.2) is 97.1 Å². The number of piperidine rings is 1. The van der Waals surface area contributed by atoms with E-state index in [2.05, 4.69) is 74.6 Å².